The molecule has 0 radical (unpaired) electrons. The van der Waals surface area contributed by atoms with Crippen molar-refractivity contribution in [2.24, 2.45) is 47.3 Å². The van der Waals surface area contributed by atoms with Gasteiger partial charge in [-0.05, 0) is 77.9 Å². The van der Waals surface area contributed by atoms with Crippen molar-refractivity contribution in [1.82, 2.24) is 0 Å². The highest BCUT2D eigenvalue weighted by atomic mass is 16.5. The molecule has 0 spiro atoms. The van der Waals surface area contributed by atoms with Gasteiger partial charge in [0, 0.05) is 0 Å². The molecular weight excluding hydrogens is 613 g/mol. The zero-order valence-electron chi connectivity index (χ0n) is 35.4. The molecule has 0 fully saturated rings. The first kappa shape index (κ1) is 46.8. The fourth-order valence-corrected chi connectivity index (χ4v) is 7.50. The van der Waals surface area contributed by atoms with Crippen molar-refractivity contribution in [1.29, 1.82) is 0 Å². The summed E-state index contributed by atoms with van der Waals surface area (Å²) in [6, 6.07) is 5.90. The lowest BCUT2D eigenvalue weighted by Gasteiger charge is -2.18. The number of aliphatic hydroxyl groups is 1. The van der Waals surface area contributed by atoms with Crippen molar-refractivity contribution in [3.05, 3.63) is 23.8 Å². The Morgan fingerprint density at radius 2 is 0.700 bits per heavy atom. The van der Waals surface area contributed by atoms with Crippen molar-refractivity contribution in [2.45, 2.75) is 204 Å². The summed E-state index contributed by atoms with van der Waals surface area (Å²) in [5.74, 6) is 8.05. The highest BCUT2D eigenvalue weighted by Gasteiger charge is 2.13. The van der Waals surface area contributed by atoms with E-state index in [1.165, 1.54) is 116 Å². The van der Waals surface area contributed by atoms with E-state index >= 15 is 0 Å². The third-order valence-electron chi connectivity index (χ3n) is 11.5. The minimum absolute atomic E-state index is 0.0229. The van der Waals surface area contributed by atoms with Gasteiger partial charge in [-0.1, -0.05) is 191 Å². The van der Waals surface area contributed by atoms with Crippen LogP contribution in [-0.2, 0) is 6.61 Å². The van der Waals surface area contributed by atoms with Crippen LogP contribution in [0.3, 0.4) is 0 Å². The van der Waals surface area contributed by atoms with E-state index in [1.54, 1.807) is 0 Å². The van der Waals surface area contributed by atoms with Crippen LogP contribution in [0.5, 0.6) is 11.5 Å². The van der Waals surface area contributed by atoms with Gasteiger partial charge in [0.05, 0.1) is 19.8 Å². The highest BCUT2D eigenvalue weighted by molar-refractivity contribution is 5.42. The zero-order chi connectivity index (χ0) is 37.1. The molecule has 6 unspecified atom stereocenters. The standard InChI is InChI=1S/C47H88O3/c1-37(2)17-11-19-39(5)21-13-23-41(7)25-15-27-43(9)31-33-49-46-30-29-45(36-48)35-47(46)50-34-32-44(10)28-16-26-42(8)24-14-22-40(6)20-12-18-38(3)4/h29-30,35,37-44,48H,11-28,31-34,36H2,1-10H3. The molecule has 0 bridgehead atoms. The lowest BCUT2D eigenvalue weighted by Crippen LogP contribution is -2.08. The molecule has 1 aromatic carbocycles. The van der Waals surface area contributed by atoms with Crippen LogP contribution in [0.1, 0.15) is 203 Å². The normalized spacial score (nSPS) is 15.6. The van der Waals surface area contributed by atoms with E-state index in [0.717, 1.165) is 65.4 Å². The summed E-state index contributed by atoms with van der Waals surface area (Å²) in [5, 5.41) is 9.74. The minimum Gasteiger partial charge on any atom is -0.490 e. The molecule has 1 aromatic rings. The van der Waals surface area contributed by atoms with Gasteiger partial charge >= 0.3 is 0 Å². The molecule has 0 aliphatic carbocycles. The summed E-state index contributed by atoms with van der Waals surface area (Å²) < 4.78 is 12.6. The molecule has 0 saturated carbocycles. The van der Waals surface area contributed by atoms with Crippen LogP contribution in [0.25, 0.3) is 0 Å². The van der Waals surface area contributed by atoms with Crippen LogP contribution in [0.15, 0.2) is 18.2 Å². The van der Waals surface area contributed by atoms with Gasteiger partial charge in [0.2, 0.25) is 0 Å². The van der Waals surface area contributed by atoms with Gasteiger partial charge < -0.3 is 14.6 Å². The maximum absolute atomic E-state index is 9.74. The second-order valence-electron chi connectivity index (χ2n) is 18.2. The van der Waals surface area contributed by atoms with Crippen molar-refractivity contribution in [2.75, 3.05) is 13.2 Å². The van der Waals surface area contributed by atoms with Crippen molar-refractivity contribution >= 4 is 0 Å². The molecule has 0 heterocycles. The lowest BCUT2D eigenvalue weighted by molar-refractivity contribution is 0.235. The van der Waals surface area contributed by atoms with E-state index in [1.807, 2.05) is 18.2 Å². The van der Waals surface area contributed by atoms with Gasteiger partial charge in [-0.3, -0.25) is 0 Å². The molecule has 0 aliphatic rings. The minimum atomic E-state index is 0.0229. The average molecular weight is 701 g/mol. The maximum atomic E-state index is 9.74. The van der Waals surface area contributed by atoms with Crippen molar-refractivity contribution < 1.29 is 14.6 Å². The Kier molecular flexibility index (Phi) is 27.4. The topological polar surface area (TPSA) is 38.7 Å². The number of benzene rings is 1. The summed E-state index contributed by atoms with van der Waals surface area (Å²) in [5.41, 5.74) is 0.877. The molecule has 50 heavy (non-hydrogen) atoms. The van der Waals surface area contributed by atoms with Crippen LogP contribution in [0.4, 0.5) is 0 Å². The van der Waals surface area contributed by atoms with Gasteiger partial charge in [-0.2, -0.15) is 0 Å². The Labute approximate surface area is 313 Å². The van der Waals surface area contributed by atoms with Crippen LogP contribution in [0.2, 0.25) is 0 Å². The Morgan fingerprint density at radius 1 is 0.400 bits per heavy atom. The van der Waals surface area contributed by atoms with Gasteiger partial charge in [0.1, 0.15) is 0 Å². The highest BCUT2D eigenvalue weighted by Crippen LogP contribution is 2.30. The number of hydrogen-bond donors (Lipinski definition) is 1. The molecule has 0 saturated heterocycles. The number of ether oxygens (including phenoxy) is 2. The summed E-state index contributed by atoms with van der Waals surface area (Å²) in [6.07, 6.45) is 26.7. The van der Waals surface area contributed by atoms with Gasteiger partial charge in [0.15, 0.2) is 11.5 Å². The SMILES string of the molecule is CC(C)CCCC(C)CCCC(C)CCCC(C)CCOc1ccc(CO)cc1OCCC(C)CCCC(C)CCCC(C)CCCC(C)C. The predicted molar refractivity (Wildman–Crippen MR) is 220 cm³/mol. The molecule has 3 nitrogen and oxygen atoms in total. The maximum Gasteiger partial charge on any atom is 0.161 e. The van der Waals surface area contributed by atoms with Gasteiger partial charge in [-0.25, -0.2) is 0 Å². The second kappa shape index (κ2) is 29.3. The molecule has 294 valence electrons. The van der Waals surface area contributed by atoms with Gasteiger partial charge in [0.25, 0.3) is 0 Å². The fraction of sp³-hybridized carbons (Fsp3) is 0.872. The molecule has 0 aliphatic heterocycles. The third-order valence-corrected chi connectivity index (χ3v) is 11.5. The van der Waals surface area contributed by atoms with E-state index in [2.05, 4.69) is 69.2 Å². The van der Waals surface area contributed by atoms with E-state index in [4.69, 9.17) is 9.47 Å². The van der Waals surface area contributed by atoms with Crippen LogP contribution < -0.4 is 9.47 Å². The number of hydrogen-bond acceptors (Lipinski definition) is 3. The van der Waals surface area contributed by atoms with Crippen molar-refractivity contribution in [3.63, 3.8) is 0 Å². The van der Waals surface area contributed by atoms with Crippen LogP contribution in [0, 0.1) is 47.3 Å². The third kappa shape index (κ3) is 25.7. The number of aliphatic hydroxyl groups excluding tert-OH is 1. The largest absolute Gasteiger partial charge is 0.490 e. The lowest BCUT2D eigenvalue weighted by atomic mass is 9.91. The van der Waals surface area contributed by atoms with Crippen LogP contribution >= 0.6 is 0 Å². The van der Waals surface area contributed by atoms with Crippen LogP contribution in [-0.4, -0.2) is 18.3 Å². The molecule has 1 N–H and O–H groups in total. The first-order chi connectivity index (χ1) is 23.9. The molecule has 0 amide bonds. The van der Waals surface area contributed by atoms with E-state index in [9.17, 15) is 5.11 Å². The summed E-state index contributed by atoms with van der Waals surface area (Å²) in [7, 11) is 0. The summed E-state index contributed by atoms with van der Waals surface area (Å²) in [4.78, 5) is 0. The molecule has 6 atom stereocenters. The van der Waals surface area contributed by atoms with Gasteiger partial charge in [-0.15, -0.1) is 0 Å². The van der Waals surface area contributed by atoms with E-state index in [-0.39, 0.29) is 6.61 Å². The smallest absolute Gasteiger partial charge is 0.161 e. The Bertz CT molecular complexity index is 910. The first-order valence-electron chi connectivity index (χ1n) is 21.9. The molecular formula is C47H88O3. The Hall–Kier alpha value is -1.22. The number of rotatable bonds is 33. The molecule has 1 rings (SSSR count). The fourth-order valence-electron chi connectivity index (χ4n) is 7.50. The second-order valence-corrected chi connectivity index (χ2v) is 18.2. The molecule has 3 heteroatoms. The Morgan fingerprint density at radius 3 is 1.02 bits per heavy atom. The Balaban J connectivity index is 2.26. The summed E-state index contributed by atoms with van der Waals surface area (Å²) >= 11 is 0. The first-order valence-corrected chi connectivity index (χ1v) is 21.9. The monoisotopic (exact) mass is 701 g/mol. The quantitative estimate of drug-likeness (QED) is 0.0793. The van der Waals surface area contributed by atoms with E-state index in [0.29, 0.717) is 25.0 Å². The summed E-state index contributed by atoms with van der Waals surface area (Å²) in [6.45, 7) is 25.3. The molecule has 0 aromatic heterocycles. The average Bonchev–Trinajstić information content (AvgIpc) is 3.05. The van der Waals surface area contributed by atoms with E-state index < -0.39 is 0 Å². The van der Waals surface area contributed by atoms with Crippen molar-refractivity contribution in [3.8, 4) is 11.5 Å². The zero-order valence-corrected chi connectivity index (χ0v) is 35.4. The predicted octanol–water partition coefficient (Wildman–Crippen LogP) is 14.9.